The predicted octanol–water partition coefficient (Wildman–Crippen LogP) is 3.22. The van der Waals surface area contributed by atoms with Gasteiger partial charge in [0.2, 0.25) is 5.91 Å². The molecule has 4 nitrogen and oxygen atoms in total. The van der Waals surface area contributed by atoms with Gasteiger partial charge in [0.25, 0.3) is 0 Å². The van der Waals surface area contributed by atoms with E-state index in [2.05, 4.69) is 19.1 Å². The minimum Gasteiger partial charge on any atom is -0.496 e. The summed E-state index contributed by atoms with van der Waals surface area (Å²) in [7, 11) is 1.66. The molecule has 1 atom stereocenters. The lowest BCUT2D eigenvalue weighted by atomic mass is 9.96. The summed E-state index contributed by atoms with van der Waals surface area (Å²) >= 11 is 0. The lowest BCUT2D eigenvalue weighted by Gasteiger charge is -2.24. The zero-order chi connectivity index (χ0) is 18.1. The molecular formula is C21H28N2O2. The first-order valence-corrected chi connectivity index (χ1v) is 8.80. The predicted molar refractivity (Wildman–Crippen MR) is 102 cm³/mol. The zero-order valence-corrected chi connectivity index (χ0v) is 15.2. The van der Waals surface area contributed by atoms with Gasteiger partial charge in [0.05, 0.1) is 7.11 Å². The van der Waals surface area contributed by atoms with Gasteiger partial charge in [-0.3, -0.25) is 4.79 Å². The van der Waals surface area contributed by atoms with Crippen LogP contribution in [0.2, 0.25) is 0 Å². The molecule has 0 heterocycles. The highest BCUT2D eigenvalue weighted by molar-refractivity contribution is 5.77. The molecule has 25 heavy (non-hydrogen) atoms. The number of hydrogen-bond acceptors (Lipinski definition) is 3. The van der Waals surface area contributed by atoms with Gasteiger partial charge in [-0.25, -0.2) is 0 Å². The summed E-state index contributed by atoms with van der Waals surface area (Å²) in [6, 6.07) is 18.1. The number of amides is 1. The van der Waals surface area contributed by atoms with Crippen molar-refractivity contribution in [1.29, 1.82) is 0 Å². The lowest BCUT2D eigenvalue weighted by Crippen LogP contribution is -2.37. The van der Waals surface area contributed by atoms with Crippen LogP contribution < -0.4 is 10.5 Å². The van der Waals surface area contributed by atoms with Crippen molar-refractivity contribution >= 4 is 5.91 Å². The number of nitrogens with zero attached hydrogens (tertiary/aromatic N) is 1. The molecule has 0 spiro atoms. The van der Waals surface area contributed by atoms with Gasteiger partial charge in [-0.05, 0) is 29.5 Å². The highest BCUT2D eigenvalue weighted by Crippen LogP contribution is 2.28. The van der Waals surface area contributed by atoms with E-state index in [0.29, 0.717) is 26.1 Å². The first-order chi connectivity index (χ1) is 12.2. The average molecular weight is 340 g/mol. The monoisotopic (exact) mass is 340 g/mol. The molecule has 1 amide bonds. The second-order valence-electron chi connectivity index (χ2n) is 6.25. The van der Waals surface area contributed by atoms with Crippen LogP contribution in [0.3, 0.4) is 0 Å². The second-order valence-corrected chi connectivity index (χ2v) is 6.25. The van der Waals surface area contributed by atoms with Crippen LogP contribution >= 0.6 is 0 Å². The topological polar surface area (TPSA) is 55.6 Å². The third kappa shape index (κ3) is 5.61. The summed E-state index contributed by atoms with van der Waals surface area (Å²) in [6.45, 7) is 3.82. The van der Waals surface area contributed by atoms with Crippen LogP contribution in [0.1, 0.15) is 30.4 Å². The number of nitrogens with two attached hydrogens (primary N) is 1. The Morgan fingerprint density at radius 2 is 1.76 bits per heavy atom. The second kappa shape index (κ2) is 9.84. The molecule has 0 fully saturated rings. The van der Waals surface area contributed by atoms with Gasteiger partial charge >= 0.3 is 0 Å². The number of carbonyl (C=O) groups excluding carboxylic acids is 1. The number of rotatable bonds is 9. The van der Waals surface area contributed by atoms with E-state index in [1.54, 1.807) is 7.11 Å². The van der Waals surface area contributed by atoms with Gasteiger partial charge in [0.15, 0.2) is 0 Å². The molecule has 0 saturated carbocycles. The minimum atomic E-state index is 0.0978. The number of benzene rings is 2. The van der Waals surface area contributed by atoms with Crippen LogP contribution in [0.15, 0.2) is 54.6 Å². The fourth-order valence-corrected chi connectivity index (χ4v) is 3.00. The molecule has 2 N–H and O–H groups in total. The smallest absolute Gasteiger partial charge is 0.223 e. The van der Waals surface area contributed by atoms with Crippen molar-refractivity contribution in [3.63, 3.8) is 0 Å². The Hall–Kier alpha value is -2.33. The molecule has 2 rings (SSSR count). The third-order valence-electron chi connectivity index (χ3n) is 4.42. The summed E-state index contributed by atoms with van der Waals surface area (Å²) in [6.07, 6.45) is 1.30. The molecule has 0 aromatic heterocycles. The molecule has 4 heteroatoms. The number of methoxy groups -OCH3 is 1. The van der Waals surface area contributed by atoms with E-state index in [1.165, 1.54) is 5.56 Å². The molecule has 134 valence electrons. The molecule has 0 saturated heterocycles. The number of ether oxygens (including phenoxy) is 1. The highest BCUT2D eigenvalue weighted by atomic mass is 16.5. The van der Waals surface area contributed by atoms with Crippen molar-refractivity contribution < 1.29 is 9.53 Å². The van der Waals surface area contributed by atoms with E-state index >= 15 is 0 Å². The van der Waals surface area contributed by atoms with Crippen LogP contribution in [0, 0.1) is 0 Å². The summed E-state index contributed by atoms with van der Waals surface area (Å²) in [4.78, 5) is 14.6. The Morgan fingerprint density at radius 3 is 2.44 bits per heavy atom. The Balaban J connectivity index is 1.99. The Bertz CT molecular complexity index is 658. The summed E-state index contributed by atoms with van der Waals surface area (Å²) < 4.78 is 5.42. The van der Waals surface area contributed by atoms with E-state index in [-0.39, 0.29) is 11.8 Å². The van der Waals surface area contributed by atoms with E-state index in [4.69, 9.17) is 10.5 Å². The molecule has 0 aliphatic heterocycles. The molecule has 0 radical (unpaired) electrons. The van der Waals surface area contributed by atoms with Crippen LogP contribution in [0.5, 0.6) is 5.75 Å². The first kappa shape index (κ1) is 19.0. The Labute approximate surface area is 150 Å². The summed E-state index contributed by atoms with van der Waals surface area (Å²) in [5, 5.41) is 0. The van der Waals surface area contributed by atoms with Crippen molar-refractivity contribution in [2.24, 2.45) is 5.73 Å². The largest absolute Gasteiger partial charge is 0.496 e. The fourth-order valence-electron chi connectivity index (χ4n) is 3.00. The normalized spacial score (nSPS) is 11.8. The molecule has 1 unspecified atom stereocenters. The number of para-hydroxylation sites is 1. The summed E-state index contributed by atoms with van der Waals surface area (Å²) in [5.74, 6) is 1.07. The van der Waals surface area contributed by atoms with Crippen LogP contribution in [-0.4, -0.2) is 37.6 Å². The van der Waals surface area contributed by atoms with E-state index in [9.17, 15) is 4.79 Å². The van der Waals surface area contributed by atoms with E-state index in [1.807, 2.05) is 47.4 Å². The SMILES string of the molecule is COc1ccccc1C(C)CC(=O)N(CCN)CCc1ccccc1. The number of hydrogen-bond donors (Lipinski definition) is 1. The summed E-state index contributed by atoms with van der Waals surface area (Å²) in [5.41, 5.74) is 8.01. The fraction of sp³-hybridized carbons (Fsp3) is 0.381. The van der Waals surface area contributed by atoms with Crippen LogP contribution in [0.4, 0.5) is 0 Å². The van der Waals surface area contributed by atoms with Gasteiger partial charge < -0.3 is 15.4 Å². The van der Waals surface area contributed by atoms with E-state index < -0.39 is 0 Å². The van der Waals surface area contributed by atoms with Gasteiger partial charge in [-0.1, -0.05) is 55.5 Å². The zero-order valence-electron chi connectivity index (χ0n) is 15.2. The third-order valence-corrected chi connectivity index (χ3v) is 4.42. The molecule has 0 aliphatic rings. The van der Waals surface area contributed by atoms with Crippen molar-refractivity contribution in [3.8, 4) is 5.75 Å². The molecule has 2 aromatic carbocycles. The van der Waals surface area contributed by atoms with Crippen molar-refractivity contribution in [2.45, 2.75) is 25.7 Å². The molecule has 0 bridgehead atoms. The van der Waals surface area contributed by atoms with E-state index in [0.717, 1.165) is 17.7 Å². The maximum Gasteiger partial charge on any atom is 0.223 e. The van der Waals surface area contributed by atoms with Crippen LogP contribution in [0.25, 0.3) is 0 Å². The molecule has 2 aromatic rings. The van der Waals surface area contributed by atoms with Gasteiger partial charge in [0.1, 0.15) is 5.75 Å². The van der Waals surface area contributed by atoms with Gasteiger partial charge in [-0.15, -0.1) is 0 Å². The van der Waals surface area contributed by atoms with Crippen molar-refractivity contribution in [3.05, 3.63) is 65.7 Å². The maximum absolute atomic E-state index is 12.8. The van der Waals surface area contributed by atoms with Gasteiger partial charge in [-0.2, -0.15) is 0 Å². The van der Waals surface area contributed by atoms with Crippen LogP contribution in [-0.2, 0) is 11.2 Å². The average Bonchev–Trinajstić information content (AvgIpc) is 2.65. The highest BCUT2D eigenvalue weighted by Gasteiger charge is 2.19. The number of carbonyl (C=O) groups is 1. The lowest BCUT2D eigenvalue weighted by molar-refractivity contribution is -0.131. The minimum absolute atomic E-state index is 0.0978. The quantitative estimate of drug-likeness (QED) is 0.762. The molecular weight excluding hydrogens is 312 g/mol. The maximum atomic E-state index is 12.8. The molecule has 0 aliphatic carbocycles. The Morgan fingerprint density at radius 1 is 1.08 bits per heavy atom. The van der Waals surface area contributed by atoms with Crippen molar-refractivity contribution in [2.75, 3.05) is 26.7 Å². The van der Waals surface area contributed by atoms with Gasteiger partial charge in [0, 0.05) is 26.1 Å². The Kier molecular flexibility index (Phi) is 7.48. The van der Waals surface area contributed by atoms with Crippen molar-refractivity contribution in [1.82, 2.24) is 4.90 Å². The standard InChI is InChI=1S/C21H28N2O2/c1-17(19-10-6-7-11-20(19)25-2)16-21(24)23(15-13-22)14-12-18-8-4-3-5-9-18/h3-11,17H,12-16,22H2,1-2H3. The first-order valence-electron chi connectivity index (χ1n) is 8.80.